The lowest BCUT2D eigenvalue weighted by molar-refractivity contribution is -0.384. The molecular weight excluding hydrogens is 410 g/mol. The third-order valence-electron chi connectivity index (χ3n) is 5.80. The topological polar surface area (TPSA) is 85.2 Å². The molecule has 2 aromatic rings. The van der Waals surface area contributed by atoms with Gasteiger partial charge >= 0.3 is 6.09 Å². The Morgan fingerprint density at radius 3 is 2.53 bits per heavy atom. The van der Waals surface area contributed by atoms with Crippen molar-refractivity contribution < 1.29 is 19.2 Å². The molecular formula is C24H29N3O5. The molecule has 0 aliphatic carbocycles. The average molecular weight is 440 g/mol. The molecule has 32 heavy (non-hydrogen) atoms. The number of non-ortho nitro benzene ring substituents is 1. The van der Waals surface area contributed by atoms with Crippen molar-refractivity contribution in [1.29, 1.82) is 0 Å². The Morgan fingerprint density at radius 2 is 1.88 bits per heavy atom. The van der Waals surface area contributed by atoms with E-state index in [9.17, 15) is 14.9 Å². The van der Waals surface area contributed by atoms with Crippen molar-refractivity contribution in [2.45, 2.75) is 32.4 Å². The van der Waals surface area contributed by atoms with Gasteiger partial charge in [0.1, 0.15) is 11.5 Å². The van der Waals surface area contributed by atoms with Crippen LogP contribution in [0.3, 0.4) is 0 Å². The smallest absolute Gasteiger partial charge is 0.414 e. The molecule has 0 fully saturated rings. The molecule has 0 bridgehead atoms. The van der Waals surface area contributed by atoms with Gasteiger partial charge in [-0.15, -0.1) is 0 Å². The van der Waals surface area contributed by atoms with Crippen LogP contribution in [0.15, 0.2) is 48.5 Å². The number of carbonyl (C=O) groups is 1. The molecule has 170 valence electrons. The van der Waals surface area contributed by atoms with Gasteiger partial charge in [-0.05, 0) is 56.3 Å². The van der Waals surface area contributed by atoms with Gasteiger partial charge < -0.3 is 14.4 Å². The second-order valence-corrected chi connectivity index (χ2v) is 7.84. The van der Waals surface area contributed by atoms with Gasteiger partial charge in [0.25, 0.3) is 5.69 Å². The SMILES string of the molecule is CCN(C)C(=O)Oc1ccc2c(c1)C=CC(C)N(C)C2CCOc1ccc([N+](=O)[O-])cc1. The van der Waals surface area contributed by atoms with Crippen LogP contribution in [0.5, 0.6) is 11.5 Å². The minimum atomic E-state index is -0.429. The Hall–Kier alpha value is -3.39. The van der Waals surface area contributed by atoms with E-state index >= 15 is 0 Å². The van der Waals surface area contributed by atoms with E-state index in [2.05, 4.69) is 31.0 Å². The van der Waals surface area contributed by atoms with Crippen LogP contribution in [-0.2, 0) is 0 Å². The van der Waals surface area contributed by atoms with E-state index in [1.807, 2.05) is 25.1 Å². The molecule has 3 rings (SSSR count). The number of rotatable bonds is 7. The highest BCUT2D eigenvalue weighted by Gasteiger charge is 2.25. The van der Waals surface area contributed by atoms with Crippen LogP contribution in [0.4, 0.5) is 10.5 Å². The van der Waals surface area contributed by atoms with Crippen molar-refractivity contribution in [3.63, 3.8) is 0 Å². The first kappa shape index (κ1) is 23.3. The van der Waals surface area contributed by atoms with Gasteiger partial charge in [-0.25, -0.2) is 4.79 Å². The van der Waals surface area contributed by atoms with Crippen molar-refractivity contribution >= 4 is 17.9 Å². The van der Waals surface area contributed by atoms with Gasteiger partial charge in [-0.2, -0.15) is 0 Å². The predicted molar refractivity (Wildman–Crippen MR) is 123 cm³/mol. The van der Waals surface area contributed by atoms with Gasteiger partial charge in [0.15, 0.2) is 0 Å². The number of fused-ring (bicyclic) bond motifs is 1. The number of hydrogen-bond acceptors (Lipinski definition) is 6. The molecule has 0 aromatic heterocycles. The fourth-order valence-corrected chi connectivity index (χ4v) is 3.57. The summed E-state index contributed by atoms with van der Waals surface area (Å²) in [5, 5.41) is 10.8. The Bertz CT molecular complexity index is 990. The number of nitrogens with zero attached hydrogens (tertiary/aromatic N) is 3. The molecule has 8 nitrogen and oxygen atoms in total. The Balaban J connectivity index is 1.73. The second kappa shape index (κ2) is 10.3. The summed E-state index contributed by atoms with van der Waals surface area (Å²) in [5.74, 6) is 1.11. The molecule has 0 N–H and O–H groups in total. The molecule has 1 heterocycles. The van der Waals surface area contributed by atoms with Gasteiger partial charge in [-0.1, -0.05) is 18.2 Å². The number of hydrogen-bond donors (Lipinski definition) is 0. The normalized spacial score (nSPS) is 17.9. The molecule has 0 saturated carbocycles. The number of carbonyl (C=O) groups excluding carboxylic acids is 1. The minimum absolute atomic E-state index is 0.0383. The van der Waals surface area contributed by atoms with Crippen molar-refractivity contribution in [3.05, 3.63) is 69.8 Å². The number of amides is 1. The summed E-state index contributed by atoms with van der Waals surface area (Å²) in [7, 11) is 3.77. The predicted octanol–water partition coefficient (Wildman–Crippen LogP) is 4.90. The summed E-state index contributed by atoms with van der Waals surface area (Å²) in [5.41, 5.74) is 2.17. The maximum absolute atomic E-state index is 12.1. The lowest BCUT2D eigenvalue weighted by atomic mass is 9.97. The summed E-state index contributed by atoms with van der Waals surface area (Å²) in [6.45, 7) is 5.05. The van der Waals surface area contributed by atoms with Gasteiger partial charge in [0, 0.05) is 44.2 Å². The lowest BCUT2D eigenvalue weighted by Gasteiger charge is -2.31. The zero-order valence-electron chi connectivity index (χ0n) is 18.9. The monoisotopic (exact) mass is 439 g/mol. The van der Waals surface area contributed by atoms with E-state index in [0.717, 1.165) is 17.5 Å². The third-order valence-corrected chi connectivity index (χ3v) is 5.80. The molecule has 1 aliphatic rings. The van der Waals surface area contributed by atoms with Crippen molar-refractivity contribution in [2.75, 3.05) is 27.2 Å². The Morgan fingerprint density at radius 1 is 1.19 bits per heavy atom. The second-order valence-electron chi connectivity index (χ2n) is 7.84. The maximum atomic E-state index is 12.1. The molecule has 0 saturated heterocycles. The Labute approximate surface area is 188 Å². The first-order valence-electron chi connectivity index (χ1n) is 10.6. The minimum Gasteiger partial charge on any atom is -0.494 e. The third kappa shape index (κ3) is 5.45. The molecule has 1 aliphatic heterocycles. The van der Waals surface area contributed by atoms with Gasteiger partial charge in [0.2, 0.25) is 0 Å². The molecule has 2 atom stereocenters. The zero-order chi connectivity index (χ0) is 23.3. The van der Waals surface area contributed by atoms with E-state index in [4.69, 9.17) is 9.47 Å². The standard InChI is InChI=1S/C24H29N3O5/c1-5-25(3)24(28)32-21-12-13-22-18(16-21)7-6-17(2)26(4)23(22)14-15-31-20-10-8-19(9-11-20)27(29)30/h6-13,16-17,23H,5,14-15H2,1-4H3. The van der Waals surface area contributed by atoms with Gasteiger partial charge in [-0.3, -0.25) is 15.0 Å². The van der Waals surface area contributed by atoms with Crippen LogP contribution in [0.1, 0.15) is 37.4 Å². The average Bonchev–Trinajstić information content (AvgIpc) is 2.90. The van der Waals surface area contributed by atoms with E-state index in [0.29, 0.717) is 24.7 Å². The highest BCUT2D eigenvalue weighted by Crippen LogP contribution is 2.34. The molecule has 2 aromatic carbocycles. The first-order valence-corrected chi connectivity index (χ1v) is 10.6. The van der Waals surface area contributed by atoms with E-state index in [1.54, 1.807) is 19.2 Å². The zero-order valence-corrected chi connectivity index (χ0v) is 18.9. The number of ether oxygens (including phenoxy) is 2. The van der Waals surface area contributed by atoms with Crippen LogP contribution in [-0.4, -0.2) is 54.1 Å². The number of benzene rings is 2. The quantitative estimate of drug-likeness (QED) is 0.450. The van der Waals surface area contributed by atoms with Crippen LogP contribution < -0.4 is 9.47 Å². The van der Waals surface area contributed by atoms with Crippen molar-refractivity contribution in [3.8, 4) is 11.5 Å². The van der Waals surface area contributed by atoms with E-state index < -0.39 is 4.92 Å². The van der Waals surface area contributed by atoms with Crippen LogP contribution in [0, 0.1) is 10.1 Å². The van der Waals surface area contributed by atoms with E-state index in [-0.39, 0.29) is 23.9 Å². The summed E-state index contributed by atoms with van der Waals surface area (Å²) < 4.78 is 11.3. The molecule has 0 spiro atoms. The number of nitro groups is 1. The number of likely N-dealkylation sites (N-methyl/N-ethyl adjacent to an activating group) is 1. The summed E-state index contributed by atoms with van der Waals surface area (Å²) >= 11 is 0. The molecule has 1 amide bonds. The maximum Gasteiger partial charge on any atom is 0.414 e. The highest BCUT2D eigenvalue weighted by atomic mass is 16.6. The fraction of sp³-hybridized carbons (Fsp3) is 0.375. The van der Waals surface area contributed by atoms with Crippen LogP contribution in [0.25, 0.3) is 6.08 Å². The number of nitro benzene ring substituents is 1. The lowest BCUT2D eigenvalue weighted by Crippen LogP contribution is -2.32. The van der Waals surface area contributed by atoms with Crippen LogP contribution in [0.2, 0.25) is 0 Å². The van der Waals surface area contributed by atoms with Crippen molar-refractivity contribution in [2.24, 2.45) is 0 Å². The Kier molecular flexibility index (Phi) is 7.48. The summed E-state index contributed by atoms with van der Waals surface area (Å²) in [6.07, 6.45) is 4.53. The largest absolute Gasteiger partial charge is 0.494 e. The summed E-state index contributed by atoms with van der Waals surface area (Å²) in [4.78, 5) is 26.3. The van der Waals surface area contributed by atoms with Gasteiger partial charge in [0.05, 0.1) is 11.5 Å². The molecule has 0 radical (unpaired) electrons. The molecule has 8 heteroatoms. The van der Waals surface area contributed by atoms with E-state index in [1.165, 1.54) is 17.0 Å². The first-order chi connectivity index (χ1) is 15.3. The van der Waals surface area contributed by atoms with Crippen molar-refractivity contribution in [1.82, 2.24) is 9.80 Å². The fourth-order valence-electron chi connectivity index (χ4n) is 3.57. The highest BCUT2D eigenvalue weighted by molar-refractivity contribution is 5.71. The molecule has 2 unspecified atom stereocenters. The summed E-state index contributed by atoms with van der Waals surface area (Å²) in [6, 6.07) is 12.1. The van der Waals surface area contributed by atoms with Crippen LogP contribution >= 0.6 is 0 Å².